The molecule has 0 saturated carbocycles. The van der Waals surface area contributed by atoms with E-state index in [4.69, 9.17) is 16.3 Å². The molecular formula is C20H27ClN4O2. The van der Waals surface area contributed by atoms with Crippen LogP contribution in [0.3, 0.4) is 0 Å². The van der Waals surface area contributed by atoms with Crippen molar-refractivity contribution in [2.24, 2.45) is 5.10 Å². The van der Waals surface area contributed by atoms with Crippen LogP contribution in [-0.2, 0) is 6.42 Å². The van der Waals surface area contributed by atoms with Gasteiger partial charge < -0.3 is 10.1 Å². The van der Waals surface area contributed by atoms with E-state index in [1.807, 2.05) is 19.1 Å². The Morgan fingerprint density at radius 1 is 1.56 bits per heavy atom. The summed E-state index contributed by atoms with van der Waals surface area (Å²) in [7, 11) is 3.15. The number of halogens is 1. The number of carbonyl (C=O) groups is 1. The van der Waals surface area contributed by atoms with Crippen LogP contribution in [0.5, 0.6) is 5.75 Å². The Kier molecular flexibility index (Phi) is 7.49. The summed E-state index contributed by atoms with van der Waals surface area (Å²) in [6, 6.07) is 5.53. The highest BCUT2D eigenvalue weighted by Crippen LogP contribution is 2.29. The highest BCUT2D eigenvalue weighted by molar-refractivity contribution is 6.20. The largest absolute Gasteiger partial charge is 0.495 e. The van der Waals surface area contributed by atoms with Crippen LogP contribution in [0.1, 0.15) is 56.2 Å². The van der Waals surface area contributed by atoms with Crippen molar-refractivity contribution in [3.8, 4) is 11.8 Å². The van der Waals surface area contributed by atoms with Gasteiger partial charge in [-0.15, -0.1) is 11.6 Å². The van der Waals surface area contributed by atoms with E-state index in [0.29, 0.717) is 24.2 Å². The van der Waals surface area contributed by atoms with Gasteiger partial charge in [0, 0.05) is 18.0 Å². The molecule has 0 bridgehead atoms. The van der Waals surface area contributed by atoms with Crippen LogP contribution in [0, 0.1) is 11.3 Å². The predicted molar refractivity (Wildman–Crippen MR) is 107 cm³/mol. The minimum atomic E-state index is -0.246. The number of methoxy groups -OCH3 is 1. The molecule has 0 radical (unpaired) electrons. The standard InChI is InChI=1S/C20H27ClN4O2/c1-5-16(21)7-6-8-18-17-11-19(27-4)15(12-22)10-14(17)9-13(2)25(24-18)20(26)23-3/h10-11,13,16H,5-9H2,1-4H3,(H,23,26). The summed E-state index contributed by atoms with van der Waals surface area (Å²) in [6.07, 6.45) is 3.99. The van der Waals surface area contributed by atoms with E-state index in [9.17, 15) is 10.1 Å². The molecule has 1 N–H and O–H groups in total. The van der Waals surface area contributed by atoms with Gasteiger partial charge in [0.2, 0.25) is 0 Å². The normalized spacial score (nSPS) is 17.3. The maximum atomic E-state index is 12.3. The van der Waals surface area contributed by atoms with E-state index in [0.717, 1.165) is 36.1 Å². The fourth-order valence-corrected chi connectivity index (χ4v) is 3.40. The molecule has 0 spiro atoms. The van der Waals surface area contributed by atoms with E-state index in [-0.39, 0.29) is 17.5 Å². The molecule has 1 aliphatic rings. The number of nitrogens with zero attached hydrogens (tertiary/aromatic N) is 3. The van der Waals surface area contributed by atoms with Gasteiger partial charge >= 0.3 is 6.03 Å². The molecular weight excluding hydrogens is 364 g/mol. The van der Waals surface area contributed by atoms with Crippen molar-refractivity contribution in [2.45, 2.75) is 57.4 Å². The van der Waals surface area contributed by atoms with E-state index in [1.165, 1.54) is 5.01 Å². The number of hydrogen-bond acceptors (Lipinski definition) is 4. The van der Waals surface area contributed by atoms with E-state index >= 15 is 0 Å². The van der Waals surface area contributed by atoms with Crippen molar-refractivity contribution in [1.29, 1.82) is 5.26 Å². The lowest BCUT2D eigenvalue weighted by molar-refractivity contribution is 0.184. The highest BCUT2D eigenvalue weighted by atomic mass is 35.5. The summed E-state index contributed by atoms with van der Waals surface area (Å²) in [5.41, 5.74) is 3.25. The molecule has 2 atom stereocenters. The van der Waals surface area contributed by atoms with E-state index in [2.05, 4.69) is 23.4 Å². The average Bonchev–Trinajstić information content (AvgIpc) is 2.81. The lowest BCUT2D eigenvalue weighted by Crippen LogP contribution is -2.40. The van der Waals surface area contributed by atoms with Gasteiger partial charge in [-0.3, -0.25) is 0 Å². The van der Waals surface area contributed by atoms with Crippen LogP contribution in [-0.4, -0.2) is 42.3 Å². The van der Waals surface area contributed by atoms with Crippen molar-refractivity contribution in [1.82, 2.24) is 10.3 Å². The van der Waals surface area contributed by atoms with Gasteiger partial charge in [-0.05, 0) is 56.7 Å². The zero-order valence-corrected chi connectivity index (χ0v) is 17.1. The second-order valence-corrected chi connectivity index (χ2v) is 7.34. The van der Waals surface area contributed by atoms with Crippen LogP contribution in [0.4, 0.5) is 4.79 Å². The van der Waals surface area contributed by atoms with Gasteiger partial charge in [0.15, 0.2) is 0 Å². The Morgan fingerprint density at radius 3 is 2.89 bits per heavy atom. The number of hydrazone groups is 1. The van der Waals surface area contributed by atoms with E-state index in [1.54, 1.807) is 14.2 Å². The Morgan fingerprint density at radius 2 is 2.30 bits per heavy atom. The molecule has 7 heteroatoms. The zero-order chi connectivity index (χ0) is 20.0. The first-order valence-corrected chi connectivity index (χ1v) is 9.72. The summed E-state index contributed by atoms with van der Waals surface area (Å²) in [5.74, 6) is 0.522. The van der Waals surface area contributed by atoms with Crippen LogP contribution in [0.15, 0.2) is 17.2 Å². The predicted octanol–water partition coefficient (Wildman–Crippen LogP) is 4.04. The first-order valence-electron chi connectivity index (χ1n) is 9.28. The third-order valence-electron chi connectivity index (χ3n) is 4.81. The number of nitriles is 1. The number of hydrogen-bond donors (Lipinski definition) is 1. The number of urea groups is 1. The zero-order valence-electron chi connectivity index (χ0n) is 16.4. The third-order valence-corrected chi connectivity index (χ3v) is 5.34. The monoisotopic (exact) mass is 390 g/mol. The van der Waals surface area contributed by atoms with Gasteiger partial charge in [-0.25, -0.2) is 9.80 Å². The molecule has 2 amide bonds. The number of fused-ring (bicyclic) bond motifs is 1. The molecule has 2 unspecified atom stereocenters. The molecule has 146 valence electrons. The Labute approximate surface area is 166 Å². The average molecular weight is 391 g/mol. The number of nitrogens with one attached hydrogen (secondary N) is 1. The second-order valence-electron chi connectivity index (χ2n) is 6.72. The van der Waals surface area contributed by atoms with Crippen molar-refractivity contribution >= 4 is 23.3 Å². The van der Waals surface area contributed by atoms with Gasteiger partial charge in [0.05, 0.1) is 24.4 Å². The quantitative estimate of drug-likeness (QED) is 0.744. The van der Waals surface area contributed by atoms with Gasteiger partial charge in [-0.1, -0.05) is 6.92 Å². The molecule has 1 aromatic carbocycles. The Hall–Kier alpha value is -2.26. The maximum Gasteiger partial charge on any atom is 0.337 e. The minimum Gasteiger partial charge on any atom is -0.495 e. The van der Waals surface area contributed by atoms with Gasteiger partial charge in [0.1, 0.15) is 11.8 Å². The summed E-state index contributed by atoms with van der Waals surface area (Å²) in [5, 5.41) is 18.4. The SMILES string of the molecule is CCC(Cl)CCCC1=NN(C(=O)NC)C(C)Cc2cc(C#N)c(OC)cc21. The van der Waals surface area contributed by atoms with Crippen LogP contribution in [0.2, 0.25) is 0 Å². The molecule has 2 rings (SSSR count). The number of alkyl halides is 1. The summed E-state index contributed by atoms with van der Waals surface area (Å²) >= 11 is 6.26. The number of benzene rings is 1. The fourth-order valence-electron chi connectivity index (χ4n) is 3.25. The first-order chi connectivity index (χ1) is 12.9. The summed E-state index contributed by atoms with van der Waals surface area (Å²) < 4.78 is 5.38. The van der Waals surface area contributed by atoms with Gasteiger partial charge in [0.25, 0.3) is 0 Å². The number of rotatable bonds is 6. The third kappa shape index (κ3) is 4.92. The van der Waals surface area contributed by atoms with E-state index < -0.39 is 0 Å². The molecule has 6 nitrogen and oxygen atoms in total. The Balaban J connectivity index is 2.46. The molecule has 0 fully saturated rings. The van der Waals surface area contributed by atoms with Crippen molar-refractivity contribution in [3.05, 3.63) is 28.8 Å². The highest BCUT2D eigenvalue weighted by Gasteiger charge is 2.27. The maximum absolute atomic E-state index is 12.3. The lowest BCUT2D eigenvalue weighted by atomic mass is 9.93. The Bertz CT molecular complexity index is 757. The van der Waals surface area contributed by atoms with Crippen LogP contribution in [0.25, 0.3) is 0 Å². The van der Waals surface area contributed by atoms with Crippen LogP contribution < -0.4 is 10.1 Å². The molecule has 1 aliphatic heterocycles. The summed E-state index contributed by atoms with van der Waals surface area (Å²) in [4.78, 5) is 12.3. The molecule has 1 aromatic rings. The molecule has 0 aromatic heterocycles. The first kappa shape index (κ1) is 21.0. The minimum absolute atomic E-state index is 0.127. The number of carbonyl (C=O) groups excluding carboxylic acids is 1. The topological polar surface area (TPSA) is 77.7 Å². The molecule has 0 saturated heterocycles. The second kappa shape index (κ2) is 9.61. The number of ether oxygens (including phenoxy) is 1. The van der Waals surface area contributed by atoms with Crippen molar-refractivity contribution < 1.29 is 9.53 Å². The van der Waals surface area contributed by atoms with Crippen molar-refractivity contribution in [3.63, 3.8) is 0 Å². The fraction of sp³-hybridized carbons (Fsp3) is 0.550. The van der Waals surface area contributed by atoms with Crippen molar-refractivity contribution in [2.75, 3.05) is 14.2 Å². The smallest absolute Gasteiger partial charge is 0.337 e. The lowest BCUT2D eigenvalue weighted by Gasteiger charge is -2.22. The summed E-state index contributed by atoms with van der Waals surface area (Å²) in [6.45, 7) is 4.02. The molecule has 0 aliphatic carbocycles. The number of amides is 2. The van der Waals surface area contributed by atoms with Crippen LogP contribution >= 0.6 is 11.6 Å². The molecule has 27 heavy (non-hydrogen) atoms. The van der Waals surface area contributed by atoms with Gasteiger partial charge in [-0.2, -0.15) is 10.4 Å². The molecule has 1 heterocycles.